The highest BCUT2D eigenvalue weighted by molar-refractivity contribution is 7.92. The number of nitrogens with one attached hydrogen (secondary N) is 1. The quantitative estimate of drug-likeness (QED) is 0.304. The summed E-state index contributed by atoms with van der Waals surface area (Å²) < 4.78 is 34.5. The van der Waals surface area contributed by atoms with Crippen LogP contribution in [-0.2, 0) is 16.6 Å². The summed E-state index contributed by atoms with van der Waals surface area (Å²) in [6.45, 7) is 2.60. The number of hydrogen-bond acceptors (Lipinski definition) is 4. The van der Waals surface area contributed by atoms with Gasteiger partial charge in [-0.1, -0.05) is 78.9 Å². The average Bonchev–Trinajstić information content (AvgIpc) is 2.91. The molecule has 36 heavy (non-hydrogen) atoms. The molecule has 4 aromatic rings. The van der Waals surface area contributed by atoms with Crippen molar-refractivity contribution in [2.45, 2.75) is 18.4 Å². The van der Waals surface area contributed by atoms with Crippen LogP contribution in [0.1, 0.15) is 21.5 Å². The molecule has 0 saturated heterocycles. The number of ether oxygens (including phenoxy) is 1. The third-order valence-electron chi connectivity index (χ3n) is 5.66. The second-order valence-corrected chi connectivity index (χ2v) is 10.1. The van der Waals surface area contributed by atoms with E-state index < -0.39 is 10.0 Å². The molecule has 0 atom stereocenters. The van der Waals surface area contributed by atoms with Crippen molar-refractivity contribution >= 4 is 21.6 Å². The van der Waals surface area contributed by atoms with E-state index in [9.17, 15) is 13.2 Å². The van der Waals surface area contributed by atoms with Gasteiger partial charge in [0.25, 0.3) is 15.9 Å². The van der Waals surface area contributed by atoms with Crippen molar-refractivity contribution < 1.29 is 17.9 Å². The first-order valence-electron chi connectivity index (χ1n) is 11.6. The normalized spacial score (nSPS) is 11.0. The number of anilines is 1. The first kappa shape index (κ1) is 25.0. The molecule has 0 aliphatic carbocycles. The smallest absolute Gasteiger partial charge is 0.264 e. The Morgan fingerprint density at radius 1 is 0.806 bits per heavy atom. The van der Waals surface area contributed by atoms with Gasteiger partial charge in [0, 0.05) is 0 Å². The highest BCUT2D eigenvalue weighted by Crippen LogP contribution is 2.29. The van der Waals surface area contributed by atoms with Crippen LogP contribution < -0.4 is 14.4 Å². The zero-order chi connectivity index (χ0) is 25.4. The van der Waals surface area contributed by atoms with Gasteiger partial charge in [-0.3, -0.25) is 9.10 Å². The Hall–Kier alpha value is -4.10. The monoisotopic (exact) mass is 500 g/mol. The molecular weight excluding hydrogens is 472 g/mol. The van der Waals surface area contributed by atoms with Crippen LogP contribution in [0, 0.1) is 6.92 Å². The fraction of sp³-hybridized carbons (Fsp3) is 0.138. The van der Waals surface area contributed by atoms with Gasteiger partial charge in [0.2, 0.25) is 0 Å². The molecule has 0 fully saturated rings. The maximum Gasteiger partial charge on any atom is 0.264 e. The van der Waals surface area contributed by atoms with Crippen LogP contribution >= 0.6 is 0 Å². The van der Waals surface area contributed by atoms with E-state index in [-0.39, 0.29) is 36.1 Å². The molecule has 1 amide bonds. The number of hydrogen-bond donors (Lipinski definition) is 1. The van der Waals surface area contributed by atoms with Gasteiger partial charge in [0.05, 0.1) is 29.2 Å². The van der Waals surface area contributed by atoms with Crippen molar-refractivity contribution in [3.8, 4) is 5.75 Å². The summed E-state index contributed by atoms with van der Waals surface area (Å²) in [5.74, 6) is 0.385. The van der Waals surface area contributed by atoms with Gasteiger partial charge in [-0.2, -0.15) is 0 Å². The molecule has 0 spiro atoms. The van der Waals surface area contributed by atoms with Crippen molar-refractivity contribution in [1.29, 1.82) is 0 Å². The lowest BCUT2D eigenvalue weighted by Gasteiger charge is -2.26. The van der Waals surface area contributed by atoms with Crippen molar-refractivity contribution in [3.05, 3.63) is 126 Å². The van der Waals surface area contributed by atoms with Gasteiger partial charge >= 0.3 is 0 Å². The van der Waals surface area contributed by atoms with E-state index in [2.05, 4.69) is 5.32 Å². The molecule has 0 unspecified atom stereocenters. The SMILES string of the molecule is Cc1ccccc1OCCNC(=O)c1ccccc1N(Cc1ccccc1)S(=O)(=O)c1ccccc1. The van der Waals surface area contributed by atoms with E-state index >= 15 is 0 Å². The highest BCUT2D eigenvalue weighted by atomic mass is 32.2. The lowest BCUT2D eigenvalue weighted by molar-refractivity contribution is 0.0947. The summed E-state index contributed by atoms with van der Waals surface area (Å²) in [4.78, 5) is 13.3. The molecule has 0 radical (unpaired) electrons. The average molecular weight is 501 g/mol. The molecule has 0 heterocycles. The van der Waals surface area contributed by atoms with Crippen LogP contribution in [0.5, 0.6) is 5.75 Å². The molecule has 0 aliphatic rings. The number of carbonyl (C=O) groups is 1. The Morgan fingerprint density at radius 3 is 2.14 bits per heavy atom. The van der Waals surface area contributed by atoms with Crippen molar-refractivity contribution in [1.82, 2.24) is 5.32 Å². The number of para-hydroxylation sites is 2. The van der Waals surface area contributed by atoms with E-state index in [1.165, 1.54) is 4.31 Å². The topological polar surface area (TPSA) is 75.7 Å². The van der Waals surface area contributed by atoms with Crippen molar-refractivity contribution in [2.75, 3.05) is 17.5 Å². The molecule has 1 N–H and O–H groups in total. The fourth-order valence-electron chi connectivity index (χ4n) is 3.79. The lowest BCUT2D eigenvalue weighted by Crippen LogP contribution is -2.34. The van der Waals surface area contributed by atoms with Crippen LogP contribution in [-0.4, -0.2) is 27.5 Å². The van der Waals surface area contributed by atoms with Crippen LogP contribution in [0.25, 0.3) is 0 Å². The minimum atomic E-state index is -3.95. The summed E-state index contributed by atoms with van der Waals surface area (Å²) in [5, 5.41) is 2.85. The van der Waals surface area contributed by atoms with Gasteiger partial charge < -0.3 is 10.1 Å². The second kappa shape index (κ2) is 11.6. The molecule has 0 aliphatic heterocycles. The molecule has 184 valence electrons. The summed E-state index contributed by atoms with van der Waals surface area (Å²) in [6.07, 6.45) is 0. The van der Waals surface area contributed by atoms with E-state index in [1.807, 2.05) is 61.5 Å². The zero-order valence-corrected chi connectivity index (χ0v) is 20.8. The number of carbonyl (C=O) groups excluding carboxylic acids is 1. The Kier molecular flexibility index (Phi) is 8.02. The summed E-state index contributed by atoms with van der Waals surface area (Å²) in [7, 11) is -3.95. The molecule has 0 aromatic heterocycles. The maximum atomic E-state index is 13.7. The molecule has 6 nitrogen and oxygen atoms in total. The van der Waals surface area contributed by atoms with Gasteiger partial charge in [-0.05, 0) is 48.4 Å². The Labute approximate surface area is 212 Å². The second-order valence-electron chi connectivity index (χ2n) is 8.20. The van der Waals surface area contributed by atoms with E-state index in [4.69, 9.17) is 4.74 Å². The minimum absolute atomic E-state index is 0.0821. The fourth-order valence-corrected chi connectivity index (χ4v) is 5.28. The number of sulfonamides is 1. The number of rotatable bonds is 10. The predicted molar refractivity (Wildman–Crippen MR) is 142 cm³/mol. The van der Waals surface area contributed by atoms with E-state index in [1.54, 1.807) is 54.6 Å². The van der Waals surface area contributed by atoms with Crippen molar-refractivity contribution in [3.63, 3.8) is 0 Å². The molecule has 7 heteroatoms. The van der Waals surface area contributed by atoms with E-state index in [0.29, 0.717) is 5.69 Å². The summed E-state index contributed by atoms with van der Waals surface area (Å²) in [6, 6.07) is 31.9. The van der Waals surface area contributed by atoms with Crippen LogP contribution in [0.15, 0.2) is 114 Å². The maximum absolute atomic E-state index is 13.7. The van der Waals surface area contributed by atoms with Gasteiger partial charge in [0.1, 0.15) is 12.4 Å². The standard InChI is InChI=1S/C29H28N2O4S/c1-23-12-8-11-19-28(23)35-21-20-30-29(32)26-17-9-10-18-27(26)31(22-24-13-4-2-5-14-24)36(33,34)25-15-6-3-7-16-25/h2-19H,20-22H2,1H3,(H,30,32). The number of amides is 1. The van der Waals surface area contributed by atoms with Crippen molar-refractivity contribution in [2.24, 2.45) is 0 Å². The zero-order valence-electron chi connectivity index (χ0n) is 20.0. The number of nitrogens with zero attached hydrogens (tertiary/aromatic N) is 1. The molecular formula is C29H28N2O4S. The lowest BCUT2D eigenvalue weighted by atomic mass is 10.1. The van der Waals surface area contributed by atoms with Crippen LogP contribution in [0.3, 0.4) is 0 Å². The Bertz CT molecular complexity index is 1410. The largest absolute Gasteiger partial charge is 0.491 e. The first-order chi connectivity index (χ1) is 17.5. The predicted octanol–water partition coefficient (Wildman–Crippen LogP) is 5.20. The Morgan fingerprint density at radius 2 is 1.42 bits per heavy atom. The van der Waals surface area contributed by atoms with E-state index in [0.717, 1.165) is 16.9 Å². The molecule has 4 rings (SSSR count). The molecule has 0 saturated carbocycles. The van der Waals surface area contributed by atoms with Gasteiger partial charge in [-0.15, -0.1) is 0 Å². The Balaban J connectivity index is 1.59. The highest BCUT2D eigenvalue weighted by Gasteiger charge is 2.28. The number of benzene rings is 4. The van der Waals surface area contributed by atoms with Crippen LogP contribution in [0.2, 0.25) is 0 Å². The van der Waals surface area contributed by atoms with Gasteiger partial charge in [0.15, 0.2) is 0 Å². The molecule has 4 aromatic carbocycles. The first-order valence-corrected chi connectivity index (χ1v) is 13.1. The third kappa shape index (κ3) is 5.93. The summed E-state index contributed by atoms with van der Waals surface area (Å²) >= 11 is 0. The molecule has 0 bridgehead atoms. The third-order valence-corrected chi connectivity index (χ3v) is 7.43. The minimum Gasteiger partial charge on any atom is -0.491 e. The summed E-state index contributed by atoms with van der Waals surface area (Å²) in [5.41, 5.74) is 2.39. The number of aryl methyl sites for hydroxylation is 1. The van der Waals surface area contributed by atoms with Gasteiger partial charge in [-0.25, -0.2) is 8.42 Å². The van der Waals surface area contributed by atoms with Crippen LogP contribution in [0.4, 0.5) is 5.69 Å².